The van der Waals surface area contributed by atoms with E-state index in [4.69, 9.17) is 0 Å². The van der Waals surface area contributed by atoms with Gasteiger partial charge in [0.25, 0.3) is 0 Å². The number of amidine groups is 1. The van der Waals surface area contributed by atoms with Crippen molar-refractivity contribution in [1.29, 1.82) is 0 Å². The molecule has 0 bridgehead atoms. The van der Waals surface area contributed by atoms with Gasteiger partial charge in [-0.15, -0.1) is 0 Å². The monoisotopic (exact) mass is 221 g/mol. The van der Waals surface area contributed by atoms with Gasteiger partial charge in [0, 0.05) is 18.0 Å². The highest BCUT2D eigenvalue weighted by atomic mass is 32.2. The first-order valence-corrected chi connectivity index (χ1v) is 6.17. The fourth-order valence-electron chi connectivity index (χ4n) is 1.43. The molecule has 0 radical (unpaired) electrons. The Morgan fingerprint density at radius 3 is 3.13 bits per heavy atom. The van der Waals surface area contributed by atoms with E-state index in [-0.39, 0.29) is 0 Å². The van der Waals surface area contributed by atoms with Crippen LogP contribution in [0, 0.1) is 6.92 Å². The summed E-state index contributed by atoms with van der Waals surface area (Å²) in [5.41, 5.74) is 2.14. The Bertz CT molecular complexity index is 363. The number of aromatic nitrogens is 1. The molecule has 0 atom stereocenters. The molecule has 0 fully saturated rings. The average Bonchev–Trinajstić information content (AvgIpc) is 2.28. The van der Waals surface area contributed by atoms with Crippen molar-refractivity contribution in [2.24, 2.45) is 4.99 Å². The van der Waals surface area contributed by atoms with E-state index >= 15 is 0 Å². The van der Waals surface area contributed by atoms with Crippen molar-refractivity contribution >= 4 is 16.9 Å². The Morgan fingerprint density at radius 1 is 1.47 bits per heavy atom. The summed E-state index contributed by atoms with van der Waals surface area (Å²) in [6.45, 7) is 3.74. The first-order valence-electron chi connectivity index (χ1n) is 5.18. The standard InChI is InChI=1S/C11H15N3S/c1-9-4-2-5-10(14-9)8-13-11-12-6-3-7-15-11/h2,4-5H,3,6-8H2,1H3,(H,12,13). The molecule has 0 unspecified atom stereocenters. The molecule has 80 valence electrons. The summed E-state index contributed by atoms with van der Waals surface area (Å²) < 4.78 is 0. The highest BCUT2D eigenvalue weighted by Gasteiger charge is 2.05. The summed E-state index contributed by atoms with van der Waals surface area (Å²) in [6, 6.07) is 6.08. The minimum atomic E-state index is 0.771. The molecule has 1 aliphatic rings. The van der Waals surface area contributed by atoms with Crippen LogP contribution in [0.4, 0.5) is 0 Å². The summed E-state index contributed by atoms with van der Waals surface area (Å²) in [4.78, 5) is 8.84. The fraction of sp³-hybridized carbons (Fsp3) is 0.455. The van der Waals surface area contributed by atoms with Gasteiger partial charge in [-0.3, -0.25) is 9.98 Å². The minimum Gasteiger partial charge on any atom is -0.359 e. The molecule has 0 aromatic carbocycles. The molecule has 3 nitrogen and oxygen atoms in total. The number of thioether (sulfide) groups is 1. The molecule has 2 rings (SSSR count). The average molecular weight is 221 g/mol. The van der Waals surface area contributed by atoms with E-state index in [1.165, 1.54) is 12.2 Å². The lowest BCUT2D eigenvalue weighted by atomic mass is 10.3. The van der Waals surface area contributed by atoms with Crippen LogP contribution in [0.1, 0.15) is 17.8 Å². The molecular weight excluding hydrogens is 206 g/mol. The SMILES string of the molecule is Cc1cccc(CNC2=NCCCS2)n1. The predicted molar refractivity (Wildman–Crippen MR) is 65.2 cm³/mol. The second kappa shape index (κ2) is 5.16. The molecule has 0 aliphatic carbocycles. The summed E-state index contributed by atoms with van der Waals surface area (Å²) >= 11 is 1.80. The molecule has 1 N–H and O–H groups in total. The topological polar surface area (TPSA) is 37.3 Å². The van der Waals surface area contributed by atoms with Gasteiger partial charge in [-0.2, -0.15) is 0 Å². The first kappa shape index (κ1) is 10.5. The van der Waals surface area contributed by atoms with Gasteiger partial charge >= 0.3 is 0 Å². The Labute approximate surface area is 94.4 Å². The van der Waals surface area contributed by atoms with Gasteiger partial charge < -0.3 is 5.32 Å². The van der Waals surface area contributed by atoms with E-state index in [9.17, 15) is 0 Å². The van der Waals surface area contributed by atoms with Crippen molar-refractivity contribution in [2.75, 3.05) is 12.3 Å². The van der Waals surface area contributed by atoms with E-state index in [1.807, 2.05) is 25.1 Å². The van der Waals surface area contributed by atoms with Gasteiger partial charge in [-0.05, 0) is 25.5 Å². The number of aryl methyl sites for hydroxylation is 1. The van der Waals surface area contributed by atoms with Crippen LogP contribution in [0.2, 0.25) is 0 Å². The third-order valence-electron chi connectivity index (χ3n) is 2.16. The van der Waals surface area contributed by atoms with Gasteiger partial charge in [0.15, 0.2) is 5.17 Å². The van der Waals surface area contributed by atoms with Gasteiger partial charge in [-0.1, -0.05) is 17.8 Å². The molecule has 0 spiro atoms. The zero-order valence-corrected chi connectivity index (χ0v) is 9.68. The van der Waals surface area contributed by atoms with E-state index in [1.54, 1.807) is 11.8 Å². The van der Waals surface area contributed by atoms with Crippen molar-refractivity contribution < 1.29 is 0 Å². The first-order chi connectivity index (χ1) is 7.34. The van der Waals surface area contributed by atoms with Crippen LogP contribution >= 0.6 is 11.8 Å². The zero-order valence-electron chi connectivity index (χ0n) is 8.86. The molecule has 0 amide bonds. The lowest BCUT2D eigenvalue weighted by Crippen LogP contribution is -2.23. The van der Waals surface area contributed by atoms with Gasteiger partial charge in [0.2, 0.25) is 0 Å². The Hall–Kier alpha value is -1.03. The summed E-state index contributed by atoms with van der Waals surface area (Å²) in [5, 5.41) is 4.38. The van der Waals surface area contributed by atoms with Crippen LogP contribution < -0.4 is 5.32 Å². The molecule has 0 saturated heterocycles. The van der Waals surface area contributed by atoms with Crippen LogP contribution in [0.25, 0.3) is 0 Å². The molecule has 2 heterocycles. The second-order valence-electron chi connectivity index (χ2n) is 3.51. The predicted octanol–water partition coefficient (Wildman–Crippen LogP) is 1.97. The summed E-state index contributed by atoms with van der Waals surface area (Å²) in [6.07, 6.45) is 1.19. The quantitative estimate of drug-likeness (QED) is 0.829. The highest BCUT2D eigenvalue weighted by Crippen LogP contribution is 2.10. The smallest absolute Gasteiger partial charge is 0.156 e. The number of pyridine rings is 1. The Kier molecular flexibility index (Phi) is 3.61. The van der Waals surface area contributed by atoms with Gasteiger partial charge in [0.1, 0.15) is 0 Å². The highest BCUT2D eigenvalue weighted by molar-refractivity contribution is 8.13. The number of hydrogen-bond acceptors (Lipinski definition) is 4. The zero-order chi connectivity index (χ0) is 10.5. The van der Waals surface area contributed by atoms with Crippen molar-refractivity contribution in [1.82, 2.24) is 10.3 Å². The van der Waals surface area contributed by atoms with Crippen molar-refractivity contribution in [2.45, 2.75) is 19.9 Å². The summed E-state index contributed by atoms with van der Waals surface area (Å²) in [7, 11) is 0. The number of aliphatic imine (C=N–C) groups is 1. The second-order valence-corrected chi connectivity index (χ2v) is 4.60. The van der Waals surface area contributed by atoms with Gasteiger partial charge in [-0.25, -0.2) is 0 Å². The lowest BCUT2D eigenvalue weighted by Gasteiger charge is -2.12. The van der Waals surface area contributed by atoms with Crippen LogP contribution in [0.3, 0.4) is 0 Å². The Balaban J connectivity index is 1.90. The molecular formula is C11H15N3S. The van der Waals surface area contributed by atoms with E-state index in [2.05, 4.69) is 15.3 Å². The maximum Gasteiger partial charge on any atom is 0.156 e. The van der Waals surface area contributed by atoms with E-state index in [0.29, 0.717) is 0 Å². The Morgan fingerprint density at radius 2 is 2.40 bits per heavy atom. The summed E-state index contributed by atoms with van der Waals surface area (Å²) in [5.74, 6) is 1.17. The third-order valence-corrected chi connectivity index (χ3v) is 3.20. The lowest BCUT2D eigenvalue weighted by molar-refractivity contribution is 0.851. The third kappa shape index (κ3) is 3.23. The van der Waals surface area contributed by atoms with E-state index in [0.717, 1.165) is 29.6 Å². The van der Waals surface area contributed by atoms with Crippen LogP contribution in [0.5, 0.6) is 0 Å². The molecule has 1 aliphatic heterocycles. The van der Waals surface area contributed by atoms with Gasteiger partial charge in [0.05, 0.1) is 12.2 Å². The fourth-order valence-corrected chi connectivity index (χ4v) is 2.25. The normalized spacial score (nSPS) is 15.9. The molecule has 15 heavy (non-hydrogen) atoms. The van der Waals surface area contributed by atoms with Crippen molar-refractivity contribution in [3.63, 3.8) is 0 Å². The van der Waals surface area contributed by atoms with Crippen molar-refractivity contribution in [3.05, 3.63) is 29.6 Å². The van der Waals surface area contributed by atoms with Crippen LogP contribution in [-0.2, 0) is 6.54 Å². The molecule has 1 aromatic heterocycles. The number of hydrogen-bond donors (Lipinski definition) is 1. The van der Waals surface area contributed by atoms with Crippen molar-refractivity contribution in [3.8, 4) is 0 Å². The van der Waals surface area contributed by atoms with Crippen LogP contribution in [0.15, 0.2) is 23.2 Å². The minimum absolute atomic E-state index is 0.771. The number of rotatable bonds is 2. The van der Waals surface area contributed by atoms with Crippen LogP contribution in [-0.4, -0.2) is 22.4 Å². The number of nitrogens with one attached hydrogen (secondary N) is 1. The molecule has 4 heteroatoms. The largest absolute Gasteiger partial charge is 0.359 e. The maximum atomic E-state index is 4.43. The number of nitrogens with zero attached hydrogens (tertiary/aromatic N) is 2. The van der Waals surface area contributed by atoms with E-state index < -0.39 is 0 Å². The molecule has 0 saturated carbocycles. The maximum absolute atomic E-state index is 4.43. The molecule has 1 aromatic rings.